The molecule has 0 saturated heterocycles. The molecule has 0 unspecified atom stereocenters. The number of carbonyl (C=O) groups excluding carboxylic acids is 2. The van der Waals surface area contributed by atoms with Crippen molar-refractivity contribution >= 4 is 23.5 Å². The molecule has 3 rings (SSSR count). The molecule has 0 bridgehead atoms. The summed E-state index contributed by atoms with van der Waals surface area (Å²) in [7, 11) is 0. The van der Waals surface area contributed by atoms with E-state index in [2.05, 4.69) is 10.3 Å². The van der Waals surface area contributed by atoms with Gasteiger partial charge in [-0.05, 0) is 12.1 Å². The first-order valence-electron chi connectivity index (χ1n) is 7.15. The number of aromatic amines is 1. The quantitative estimate of drug-likeness (QED) is 0.842. The van der Waals surface area contributed by atoms with Crippen LogP contribution < -0.4 is 10.1 Å². The number of amides is 1. The third-order valence-electron chi connectivity index (χ3n) is 3.50. The van der Waals surface area contributed by atoms with Crippen LogP contribution in [0.1, 0.15) is 28.5 Å². The third-order valence-corrected chi connectivity index (χ3v) is 3.71. The molecular weight excluding hydrogens is 320 g/mol. The van der Waals surface area contributed by atoms with E-state index in [1.165, 1.54) is 12.3 Å². The Balaban J connectivity index is 1.55. The van der Waals surface area contributed by atoms with Gasteiger partial charge in [0.15, 0.2) is 6.61 Å². The zero-order chi connectivity index (χ0) is 16.2. The number of hydrogen-bond acceptors (Lipinski definition) is 4. The number of H-pyrrole nitrogens is 1. The molecule has 1 aliphatic heterocycles. The maximum atomic E-state index is 12.0. The van der Waals surface area contributed by atoms with Gasteiger partial charge in [0.05, 0.1) is 17.7 Å². The molecule has 0 fully saturated rings. The van der Waals surface area contributed by atoms with Crippen LogP contribution in [-0.4, -0.2) is 30.1 Å². The van der Waals surface area contributed by atoms with Crippen molar-refractivity contribution in [2.75, 3.05) is 13.2 Å². The summed E-state index contributed by atoms with van der Waals surface area (Å²) < 4.78 is 10.5. The van der Waals surface area contributed by atoms with Gasteiger partial charge in [-0.25, -0.2) is 4.79 Å². The van der Waals surface area contributed by atoms with Gasteiger partial charge in [0.2, 0.25) is 0 Å². The van der Waals surface area contributed by atoms with Crippen LogP contribution in [0.25, 0.3) is 0 Å². The van der Waals surface area contributed by atoms with Crippen molar-refractivity contribution in [2.45, 2.75) is 12.5 Å². The van der Waals surface area contributed by atoms with Crippen LogP contribution in [-0.2, 0) is 9.53 Å². The smallest absolute Gasteiger partial charge is 0.355 e. The Bertz CT molecular complexity index is 728. The van der Waals surface area contributed by atoms with E-state index in [1.54, 1.807) is 0 Å². The van der Waals surface area contributed by atoms with Gasteiger partial charge >= 0.3 is 5.97 Å². The Morgan fingerprint density at radius 3 is 3.00 bits per heavy atom. The Labute approximate surface area is 137 Å². The molecular formula is C16H15ClN2O4. The summed E-state index contributed by atoms with van der Waals surface area (Å²) in [5, 5.41) is 3.26. The number of halogens is 1. The topological polar surface area (TPSA) is 80.4 Å². The maximum absolute atomic E-state index is 12.0. The highest BCUT2D eigenvalue weighted by Gasteiger charge is 2.23. The summed E-state index contributed by atoms with van der Waals surface area (Å²) in [6.45, 7) is 0.178. The molecule has 7 heteroatoms. The van der Waals surface area contributed by atoms with Gasteiger partial charge < -0.3 is 19.8 Å². The Morgan fingerprint density at radius 1 is 1.39 bits per heavy atom. The lowest BCUT2D eigenvalue weighted by Crippen LogP contribution is -2.35. The standard InChI is InChI=1S/C16H15ClN2O4/c17-10-7-13(18-8-10)16(21)23-9-15(20)19-12-5-6-22-14-4-2-1-3-11(12)14/h1-4,7-8,12,18H,5-6,9H2,(H,19,20)/t12-/m0/s1. The van der Waals surface area contributed by atoms with Crippen LogP contribution in [0.15, 0.2) is 36.5 Å². The minimum atomic E-state index is -0.626. The highest BCUT2D eigenvalue weighted by molar-refractivity contribution is 6.30. The number of hydrogen-bond donors (Lipinski definition) is 2. The van der Waals surface area contributed by atoms with Gasteiger partial charge in [-0.3, -0.25) is 4.79 Å². The number of benzene rings is 1. The molecule has 2 heterocycles. The molecule has 1 aromatic carbocycles. The van der Waals surface area contributed by atoms with E-state index in [0.717, 1.165) is 11.3 Å². The molecule has 1 aliphatic rings. The first kappa shape index (κ1) is 15.4. The first-order chi connectivity index (χ1) is 11.1. The molecule has 0 aliphatic carbocycles. The number of carbonyl (C=O) groups is 2. The Morgan fingerprint density at radius 2 is 2.22 bits per heavy atom. The molecule has 0 saturated carbocycles. The minimum Gasteiger partial charge on any atom is -0.493 e. The second kappa shape index (κ2) is 6.75. The molecule has 1 atom stereocenters. The van der Waals surface area contributed by atoms with Gasteiger partial charge in [0.25, 0.3) is 5.91 Å². The minimum absolute atomic E-state index is 0.147. The third kappa shape index (κ3) is 3.65. The van der Waals surface area contributed by atoms with Crippen molar-refractivity contribution < 1.29 is 19.1 Å². The number of rotatable bonds is 4. The van der Waals surface area contributed by atoms with Crippen molar-refractivity contribution in [3.05, 3.63) is 52.8 Å². The molecule has 0 spiro atoms. The zero-order valence-corrected chi connectivity index (χ0v) is 12.9. The highest BCUT2D eigenvalue weighted by atomic mass is 35.5. The van der Waals surface area contributed by atoms with E-state index in [-0.39, 0.29) is 24.2 Å². The summed E-state index contributed by atoms with van der Waals surface area (Å²) in [5.41, 5.74) is 1.13. The van der Waals surface area contributed by atoms with Crippen molar-refractivity contribution in [2.24, 2.45) is 0 Å². The van der Waals surface area contributed by atoms with Crippen molar-refractivity contribution in [1.29, 1.82) is 0 Å². The lowest BCUT2D eigenvalue weighted by molar-refractivity contribution is -0.125. The highest BCUT2D eigenvalue weighted by Crippen LogP contribution is 2.31. The van der Waals surface area contributed by atoms with Crippen molar-refractivity contribution in [3.8, 4) is 5.75 Å². The molecule has 2 aromatic rings. The van der Waals surface area contributed by atoms with Crippen LogP contribution in [0.5, 0.6) is 5.75 Å². The molecule has 2 N–H and O–H groups in total. The van der Waals surface area contributed by atoms with Gasteiger partial charge in [-0.2, -0.15) is 0 Å². The number of esters is 1. The van der Waals surface area contributed by atoms with E-state index in [1.807, 2.05) is 24.3 Å². The second-order valence-electron chi connectivity index (χ2n) is 5.10. The monoisotopic (exact) mass is 334 g/mol. The van der Waals surface area contributed by atoms with E-state index in [0.29, 0.717) is 18.1 Å². The van der Waals surface area contributed by atoms with Crippen LogP contribution >= 0.6 is 11.6 Å². The summed E-state index contributed by atoms with van der Waals surface area (Å²) in [6.07, 6.45) is 2.14. The lowest BCUT2D eigenvalue weighted by atomic mass is 10.0. The van der Waals surface area contributed by atoms with E-state index in [9.17, 15) is 9.59 Å². The zero-order valence-electron chi connectivity index (χ0n) is 12.2. The van der Waals surface area contributed by atoms with Gasteiger partial charge in [0.1, 0.15) is 11.4 Å². The summed E-state index contributed by atoms with van der Waals surface area (Å²) in [4.78, 5) is 26.4. The maximum Gasteiger partial charge on any atom is 0.355 e. The van der Waals surface area contributed by atoms with E-state index < -0.39 is 5.97 Å². The van der Waals surface area contributed by atoms with E-state index in [4.69, 9.17) is 21.1 Å². The predicted molar refractivity (Wildman–Crippen MR) is 83.5 cm³/mol. The van der Waals surface area contributed by atoms with Crippen molar-refractivity contribution in [1.82, 2.24) is 10.3 Å². The molecule has 6 nitrogen and oxygen atoms in total. The van der Waals surface area contributed by atoms with Gasteiger partial charge in [0, 0.05) is 18.2 Å². The Hall–Kier alpha value is -2.47. The van der Waals surface area contributed by atoms with Crippen LogP contribution in [0.4, 0.5) is 0 Å². The SMILES string of the molecule is O=C(COC(=O)c1cc(Cl)c[nH]1)N[C@H]1CCOc2ccccc21. The summed E-state index contributed by atoms with van der Waals surface area (Å²) >= 11 is 5.71. The molecule has 0 radical (unpaired) electrons. The average molecular weight is 335 g/mol. The van der Waals surface area contributed by atoms with Crippen LogP contribution in [0.3, 0.4) is 0 Å². The van der Waals surface area contributed by atoms with E-state index >= 15 is 0 Å². The fraction of sp³-hybridized carbons (Fsp3) is 0.250. The molecule has 1 aromatic heterocycles. The summed E-state index contributed by atoms with van der Waals surface area (Å²) in [6, 6.07) is 8.84. The van der Waals surface area contributed by atoms with Crippen molar-refractivity contribution in [3.63, 3.8) is 0 Å². The van der Waals surface area contributed by atoms with Crippen LogP contribution in [0.2, 0.25) is 5.02 Å². The van der Waals surface area contributed by atoms with Gasteiger partial charge in [-0.1, -0.05) is 29.8 Å². The van der Waals surface area contributed by atoms with Crippen LogP contribution in [0, 0.1) is 0 Å². The largest absolute Gasteiger partial charge is 0.493 e. The summed E-state index contributed by atoms with van der Waals surface area (Å²) in [5.74, 6) is -0.223. The molecule has 120 valence electrons. The number of aromatic nitrogens is 1. The normalized spacial score (nSPS) is 16.1. The number of fused-ring (bicyclic) bond motifs is 1. The number of para-hydroxylation sites is 1. The fourth-order valence-corrected chi connectivity index (χ4v) is 2.59. The molecule has 1 amide bonds. The number of nitrogens with one attached hydrogen (secondary N) is 2. The fourth-order valence-electron chi connectivity index (χ4n) is 2.42. The first-order valence-corrected chi connectivity index (χ1v) is 7.53. The van der Waals surface area contributed by atoms with Gasteiger partial charge in [-0.15, -0.1) is 0 Å². The number of ether oxygens (including phenoxy) is 2. The lowest BCUT2D eigenvalue weighted by Gasteiger charge is -2.26. The average Bonchev–Trinajstić information content (AvgIpc) is 2.99. The second-order valence-corrected chi connectivity index (χ2v) is 5.54. The predicted octanol–water partition coefficient (Wildman–Crippen LogP) is 2.46. The Kier molecular flexibility index (Phi) is 4.52. The molecule has 23 heavy (non-hydrogen) atoms.